The van der Waals surface area contributed by atoms with Gasteiger partial charge in [0.15, 0.2) is 5.11 Å². The van der Waals surface area contributed by atoms with E-state index < -0.39 is 0 Å². The van der Waals surface area contributed by atoms with Gasteiger partial charge < -0.3 is 10.8 Å². The van der Waals surface area contributed by atoms with Crippen LogP contribution < -0.4 is 11.2 Å². The lowest BCUT2D eigenvalue weighted by Crippen LogP contribution is -2.25. The number of nitrogens with one attached hydrogen (secondary N) is 1. The SMILES string of the molecule is CC/C(=N\NC(N)=S)c1ccc(C)cc1O. The predicted molar refractivity (Wildman–Crippen MR) is 69.6 cm³/mol. The molecule has 1 rings (SSSR count). The van der Waals surface area contributed by atoms with Crippen LogP contribution in [0.1, 0.15) is 24.5 Å². The number of phenols is 1. The molecule has 1 aromatic carbocycles. The Morgan fingerprint density at radius 3 is 2.75 bits per heavy atom. The van der Waals surface area contributed by atoms with Crippen LogP contribution in [-0.4, -0.2) is 15.9 Å². The van der Waals surface area contributed by atoms with Gasteiger partial charge in [0.25, 0.3) is 0 Å². The molecule has 0 aliphatic carbocycles. The lowest BCUT2D eigenvalue weighted by molar-refractivity contribution is 0.473. The van der Waals surface area contributed by atoms with Crippen LogP contribution in [0.3, 0.4) is 0 Å². The fraction of sp³-hybridized carbons (Fsp3) is 0.273. The summed E-state index contributed by atoms with van der Waals surface area (Å²) in [6.45, 7) is 3.86. The van der Waals surface area contributed by atoms with Gasteiger partial charge in [-0.1, -0.05) is 13.0 Å². The zero-order valence-corrected chi connectivity index (χ0v) is 10.1. The van der Waals surface area contributed by atoms with Crippen molar-refractivity contribution in [3.05, 3.63) is 29.3 Å². The highest BCUT2D eigenvalue weighted by Gasteiger charge is 2.07. The molecule has 5 heteroatoms. The molecule has 86 valence electrons. The molecule has 0 saturated heterocycles. The van der Waals surface area contributed by atoms with Crippen molar-refractivity contribution in [1.82, 2.24) is 5.43 Å². The summed E-state index contributed by atoms with van der Waals surface area (Å²) in [7, 11) is 0. The number of rotatable bonds is 3. The minimum atomic E-state index is 0.109. The highest BCUT2D eigenvalue weighted by Crippen LogP contribution is 2.20. The quantitative estimate of drug-likeness (QED) is 0.425. The van der Waals surface area contributed by atoms with Gasteiger partial charge in [-0.25, -0.2) is 0 Å². The number of phenolic OH excluding ortho intramolecular Hbond substituents is 1. The van der Waals surface area contributed by atoms with E-state index in [4.69, 9.17) is 5.73 Å². The largest absolute Gasteiger partial charge is 0.507 e. The Balaban J connectivity index is 3.04. The number of hydrazone groups is 1. The fourth-order valence-corrected chi connectivity index (χ4v) is 1.38. The van der Waals surface area contributed by atoms with Crippen LogP contribution in [0.4, 0.5) is 0 Å². The molecule has 16 heavy (non-hydrogen) atoms. The second-order valence-corrected chi connectivity index (χ2v) is 3.85. The van der Waals surface area contributed by atoms with Gasteiger partial charge in [-0.3, -0.25) is 5.43 Å². The Bertz CT molecular complexity index is 429. The smallest absolute Gasteiger partial charge is 0.184 e. The second-order valence-electron chi connectivity index (χ2n) is 3.41. The molecule has 1 aromatic rings. The molecular weight excluding hydrogens is 222 g/mol. The first kappa shape index (κ1) is 12.4. The van der Waals surface area contributed by atoms with Gasteiger partial charge >= 0.3 is 0 Å². The maximum Gasteiger partial charge on any atom is 0.184 e. The summed E-state index contributed by atoms with van der Waals surface area (Å²) in [6, 6.07) is 5.44. The van der Waals surface area contributed by atoms with Gasteiger partial charge in [-0.05, 0) is 43.3 Å². The summed E-state index contributed by atoms with van der Waals surface area (Å²) in [5, 5.41) is 13.9. The van der Waals surface area contributed by atoms with Crippen molar-refractivity contribution in [2.45, 2.75) is 20.3 Å². The molecule has 0 fully saturated rings. The van der Waals surface area contributed by atoms with E-state index in [1.165, 1.54) is 0 Å². The number of aryl methyl sites for hydroxylation is 1. The molecule has 4 nitrogen and oxygen atoms in total. The molecule has 0 atom stereocenters. The molecule has 0 heterocycles. The van der Waals surface area contributed by atoms with Gasteiger partial charge in [0.1, 0.15) is 5.75 Å². The maximum atomic E-state index is 9.79. The summed E-state index contributed by atoms with van der Waals surface area (Å²) in [4.78, 5) is 0. The molecular formula is C11H15N3OS. The molecule has 0 bridgehead atoms. The number of nitrogens with two attached hydrogens (primary N) is 1. The van der Waals surface area contributed by atoms with E-state index in [9.17, 15) is 5.11 Å². The van der Waals surface area contributed by atoms with E-state index >= 15 is 0 Å². The molecule has 0 saturated carbocycles. The molecule has 0 amide bonds. The Labute approximate surface area is 100 Å². The molecule has 0 aliphatic rings. The van der Waals surface area contributed by atoms with Gasteiger partial charge in [0.2, 0.25) is 0 Å². The second kappa shape index (κ2) is 5.46. The van der Waals surface area contributed by atoms with Crippen LogP contribution in [-0.2, 0) is 0 Å². The van der Waals surface area contributed by atoms with E-state index in [1.807, 2.05) is 26.0 Å². The lowest BCUT2D eigenvalue weighted by Gasteiger charge is -2.07. The zero-order chi connectivity index (χ0) is 12.1. The van der Waals surface area contributed by atoms with Crippen molar-refractivity contribution >= 4 is 23.0 Å². The highest BCUT2D eigenvalue weighted by atomic mass is 32.1. The van der Waals surface area contributed by atoms with Crippen LogP contribution in [0.2, 0.25) is 0 Å². The number of hydrogen-bond acceptors (Lipinski definition) is 3. The number of nitrogens with zero attached hydrogens (tertiary/aromatic N) is 1. The fourth-order valence-electron chi connectivity index (χ4n) is 1.34. The van der Waals surface area contributed by atoms with Crippen molar-refractivity contribution in [3.8, 4) is 5.75 Å². The van der Waals surface area contributed by atoms with Gasteiger partial charge in [-0.2, -0.15) is 5.10 Å². The lowest BCUT2D eigenvalue weighted by atomic mass is 10.1. The third-order valence-corrected chi connectivity index (χ3v) is 2.19. The molecule has 0 aliphatic heterocycles. The molecule has 0 aromatic heterocycles. The number of benzene rings is 1. The molecule has 4 N–H and O–H groups in total. The minimum absolute atomic E-state index is 0.109. The first-order chi connectivity index (χ1) is 7.54. The van der Waals surface area contributed by atoms with Crippen LogP contribution in [0.5, 0.6) is 5.75 Å². The molecule has 0 radical (unpaired) electrons. The summed E-state index contributed by atoms with van der Waals surface area (Å²) >= 11 is 4.66. The highest BCUT2D eigenvalue weighted by molar-refractivity contribution is 7.80. The van der Waals surface area contributed by atoms with Crippen molar-refractivity contribution in [2.75, 3.05) is 0 Å². The normalized spacial score (nSPS) is 11.2. The Hall–Kier alpha value is -1.62. The first-order valence-electron chi connectivity index (χ1n) is 4.96. The zero-order valence-electron chi connectivity index (χ0n) is 9.32. The van der Waals surface area contributed by atoms with Gasteiger partial charge in [0, 0.05) is 5.56 Å². The topological polar surface area (TPSA) is 70.6 Å². The number of hydrogen-bond donors (Lipinski definition) is 3. The third-order valence-electron chi connectivity index (χ3n) is 2.10. The Morgan fingerprint density at radius 1 is 1.56 bits per heavy atom. The first-order valence-corrected chi connectivity index (χ1v) is 5.37. The van der Waals surface area contributed by atoms with E-state index in [0.717, 1.165) is 5.56 Å². The van der Waals surface area contributed by atoms with E-state index in [0.29, 0.717) is 17.7 Å². The summed E-state index contributed by atoms with van der Waals surface area (Å²) in [5.74, 6) is 0.213. The van der Waals surface area contributed by atoms with Crippen LogP contribution >= 0.6 is 12.2 Å². The van der Waals surface area contributed by atoms with Crippen LogP contribution in [0, 0.1) is 6.92 Å². The summed E-state index contributed by atoms with van der Waals surface area (Å²) < 4.78 is 0. The van der Waals surface area contributed by atoms with Crippen molar-refractivity contribution < 1.29 is 5.11 Å². The third kappa shape index (κ3) is 3.20. The number of aromatic hydroxyl groups is 1. The van der Waals surface area contributed by atoms with Crippen LogP contribution in [0.15, 0.2) is 23.3 Å². The average molecular weight is 237 g/mol. The van der Waals surface area contributed by atoms with E-state index in [-0.39, 0.29) is 10.9 Å². The van der Waals surface area contributed by atoms with Crippen molar-refractivity contribution in [2.24, 2.45) is 10.8 Å². The van der Waals surface area contributed by atoms with Crippen molar-refractivity contribution in [1.29, 1.82) is 0 Å². The number of thiocarbonyl (C=S) groups is 1. The maximum absolute atomic E-state index is 9.79. The average Bonchev–Trinajstić information content (AvgIpc) is 2.21. The van der Waals surface area contributed by atoms with E-state index in [1.54, 1.807) is 6.07 Å². The minimum Gasteiger partial charge on any atom is -0.507 e. The molecule has 0 unspecified atom stereocenters. The van der Waals surface area contributed by atoms with Crippen molar-refractivity contribution in [3.63, 3.8) is 0 Å². The Morgan fingerprint density at radius 2 is 2.25 bits per heavy atom. The van der Waals surface area contributed by atoms with Gasteiger partial charge in [-0.15, -0.1) is 0 Å². The van der Waals surface area contributed by atoms with Crippen LogP contribution in [0.25, 0.3) is 0 Å². The summed E-state index contributed by atoms with van der Waals surface area (Å²) in [6.07, 6.45) is 0.673. The predicted octanol–water partition coefficient (Wildman–Crippen LogP) is 1.65. The Kier molecular flexibility index (Phi) is 4.25. The standard InChI is InChI=1S/C11H15N3OS/c1-3-9(13-14-11(12)16)8-5-4-7(2)6-10(8)15/h4-6,15H,3H2,1-2H3,(H3,12,14,16)/b13-9+. The van der Waals surface area contributed by atoms with E-state index in [2.05, 4.69) is 22.7 Å². The molecule has 0 spiro atoms. The van der Waals surface area contributed by atoms with Gasteiger partial charge in [0.05, 0.1) is 5.71 Å². The summed E-state index contributed by atoms with van der Waals surface area (Å²) in [5.41, 5.74) is 10.2. The monoisotopic (exact) mass is 237 g/mol.